The number of aromatic nitrogens is 4. The lowest BCUT2D eigenvalue weighted by molar-refractivity contribution is -0.143. The predicted molar refractivity (Wildman–Crippen MR) is 238 cm³/mol. The van der Waals surface area contributed by atoms with E-state index in [1.54, 1.807) is 45.9 Å². The molecule has 5 atom stereocenters. The summed E-state index contributed by atoms with van der Waals surface area (Å²) in [4.78, 5) is 62.2. The number of thiophene rings is 2. The van der Waals surface area contributed by atoms with Crippen molar-refractivity contribution >= 4 is 50.0 Å². The van der Waals surface area contributed by atoms with Crippen LogP contribution in [0.5, 0.6) is 0 Å². The number of rotatable bonds is 13. The molecule has 62 heavy (non-hydrogen) atoms. The number of methoxy groups -OCH3 is 2. The number of aromatic amines is 2. The second kappa shape index (κ2) is 17.9. The highest BCUT2D eigenvalue weighted by molar-refractivity contribution is 7.31. The number of nitrogens with one attached hydrogen (secondary N) is 4. The van der Waals surface area contributed by atoms with Gasteiger partial charge in [0.05, 0.1) is 41.8 Å². The molecule has 1 unspecified atom stereocenters. The smallest absolute Gasteiger partial charge is 0.407 e. The summed E-state index contributed by atoms with van der Waals surface area (Å²) in [5.74, 6) is 0.941. The summed E-state index contributed by atoms with van der Waals surface area (Å²) >= 11 is 3.42. The molecule has 3 amide bonds. The van der Waals surface area contributed by atoms with Crippen LogP contribution in [0.25, 0.3) is 41.7 Å². The third kappa shape index (κ3) is 8.30. The molecule has 14 nitrogen and oxygen atoms in total. The number of aliphatic hydroxyl groups is 1. The Morgan fingerprint density at radius 2 is 1.39 bits per heavy atom. The van der Waals surface area contributed by atoms with Gasteiger partial charge in [0.25, 0.3) is 5.91 Å². The Balaban J connectivity index is 0.869. The molecular weight excluding hydrogens is 825 g/mol. The number of alkyl carbamates (subject to hydrolysis) is 1. The Morgan fingerprint density at radius 3 is 2.10 bits per heavy atom. The van der Waals surface area contributed by atoms with Crippen molar-refractivity contribution in [2.24, 2.45) is 0 Å². The number of hydrogen-bond acceptors (Lipinski definition) is 11. The number of fused-ring (bicyclic) bond motifs is 1. The fourth-order valence-corrected chi connectivity index (χ4v) is 10.5. The number of hydrogen-bond donors (Lipinski definition) is 5. The van der Waals surface area contributed by atoms with Gasteiger partial charge in [-0.3, -0.25) is 14.9 Å². The van der Waals surface area contributed by atoms with Gasteiger partial charge in [-0.05, 0) is 47.2 Å². The number of aliphatic hydroxyl groups excluding tert-OH is 1. The Hall–Kier alpha value is -6.43. The van der Waals surface area contributed by atoms with Crippen molar-refractivity contribution in [1.82, 2.24) is 40.4 Å². The highest BCUT2D eigenvalue weighted by atomic mass is 32.1. The van der Waals surface area contributed by atoms with Crippen molar-refractivity contribution in [2.75, 3.05) is 27.3 Å². The number of imidazole rings is 2. The molecule has 2 aliphatic heterocycles. The zero-order chi connectivity index (χ0) is 42.7. The zero-order valence-corrected chi connectivity index (χ0v) is 35.5. The Morgan fingerprint density at radius 1 is 0.774 bits per heavy atom. The van der Waals surface area contributed by atoms with Crippen molar-refractivity contribution in [2.45, 2.75) is 43.4 Å². The molecule has 0 aliphatic carbocycles. The number of likely N-dealkylation sites (tertiary alicyclic amines) is 1. The van der Waals surface area contributed by atoms with E-state index in [1.807, 2.05) is 71.8 Å². The van der Waals surface area contributed by atoms with Gasteiger partial charge in [0, 0.05) is 34.5 Å². The van der Waals surface area contributed by atoms with Crippen LogP contribution >= 0.6 is 22.7 Å². The maximum atomic E-state index is 14.0. The highest BCUT2D eigenvalue weighted by Gasteiger charge is 2.38. The minimum absolute atomic E-state index is 0.147. The van der Waals surface area contributed by atoms with Gasteiger partial charge in [-0.15, -0.1) is 22.7 Å². The number of carbonyl (C=O) groups excluding carboxylic acids is 3. The van der Waals surface area contributed by atoms with E-state index in [0.717, 1.165) is 56.5 Å². The fraction of sp³-hybridized carbons (Fsp3) is 0.239. The van der Waals surface area contributed by atoms with Gasteiger partial charge >= 0.3 is 6.09 Å². The van der Waals surface area contributed by atoms with Crippen molar-refractivity contribution in [1.29, 1.82) is 0 Å². The van der Waals surface area contributed by atoms with E-state index in [4.69, 9.17) is 14.5 Å². The van der Waals surface area contributed by atoms with Crippen LogP contribution in [0.3, 0.4) is 0 Å². The van der Waals surface area contributed by atoms with Gasteiger partial charge in [0.15, 0.2) is 0 Å². The minimum Gasteiger partial charge on any atom is -0.453 e. The summed E-state index contributed by atoms with van der Waals surface area (Å²) in [6.45, 7) is 0.963. The van der Waals surface area contributed by atoms with Crippen molar-refractivity contribution in [3.63, 3.8) is 0 Å². The van der Waals surface area contributed by atoms with Crippen LogP contribution in [0, 0.1) is 0 Å². The van der Waals surface area contributed by atoms with E-state index in [-0.39, 0.29) is 17.9 Å². The second-order valence-corrected chi connectivity index (χ2v) is 17.2. The molecule has 316 valence electrons. The molecule has 7 aromatic rings. The quantitative estimate of drug-likeness (QED) is 0.0570. The molecule has 0 spiro atoms. The molecule has 1 fully saturated rings. The van der Waals surface area contributed by atoms with Crippen molar-refractivity contribution in [3.05, 3.63) is 144 Å². The SMILES string of the molecule is COC(=O)N[C@@H](C(=O)N1CC=C[C@H]1c1ncc(-c2ccc(-c3cc4sc(-c5cnc([C@@H]6CCCN6C(=O)[C@H](NC(O)OC)c6ccccc6)[nH]5)cc4s3)cc2)[nH]1)c1ccccc1. The van der Waals surface area contributed by atoms with Crippen LogP contribution < -0.4 is 10.6 Å². The van der Waals surface area contributed by atoms with Crippen LogP contribution in [0.2, 0.25) is 0 Å². The van der Waals surface area contributed by atoms with Crippen molar-refractivity contribution < 1.29 is 29.0 Å². The summed E-state index contributed by atoms with van der Waals surface area (Å²) in [5, 5.41) is 15.8. The topological polar surface area (TPSA) is 178 Å². The monoisotopic (exact) mass is 868 g/mol. The van der Waals surface area contributed by atoms with Crippen LogP contribution in [0.1, 0.15) is 59.8 Å². The average Bonchev–Trinajstić information content (AvgIpc) is 4.17. The third-order valence-corrected chi connectivity index (χ3v) is 13.6. The predicted octanol–water partition coefficient (Wildman–Crippen LogP) is 7.86. The molecule has 4 aromatic heterocycles. The van der Waals surface area contributed by atoms with Gasteiger partial charge in [0.2, 0.25) is 12.3 Å². The number of H-pyrrole nitrogens is 2. The van der Waals surface area contributed by atoms with Gasteiger partial charge in [-0.2, -0.15) is 0 Å². The van der Waals surface area contributed by atoms with Crippen LogP contribution in [0.15, 0.2) is 122 Å². The van der Waals surface area contributed by atoms with Gasteiger partial charge < -0.3 is 39.7 Å². The standard InChI is InChI=1S/C46H44N8O6S2/c1-59-45(57)51-39(29-11-5-3-6-12-29)43(55)53-21-9-15-33(53)41-47-25-31(49-41)27-17-19-28(20-18-27)35-23-37-38(61-35)24-36(62-37)32-26-48-42(50-32)34-16-10-22-54(34)44(56)40(52-46(58)60-2)30-13-7-4-8-14-30/h3-9,11-15,17-20,23-26,33-34,39-40,46,52,58H,10,16,21-22H2,1-2H3,(H,47,49)(H,48,50)(H,51,57)/t33-,34-,39+,40+,46?/m0/s1. The van der Waals surface area contributed by atoms with E-state index >= 15 is 0 Å². The molecule has 0 bridgehead atoms. The molecule has 9 rings (SSSR count). The van der Waals surface area contributed by atoms with E-state index in [0.29, 0.717) is 24.5 Å². The minimum atomic E-state index is -1.29. The zero-order valence-electron chi connectivity index (χ0n) is 33.9. The highest BCUT2D eigenvalue weighted by Crippen LogP contribution is 2.43. The van der Waals surface area contributed by atoms with Gasteiger partial charge in [-0.25, -0.2) is 14.8 Å². The van der Waals surface area contributed by atoms with Crippen molar-refractivity contribution in [3.8, 4) is 32.3 Å². The molecule has 2 aliphatic rings. The molecule has 1 saturated heterocycles. The first kappa shape index (κ1) is 40.9. The van der Waals surface area contributed by atoms with E-state index < -0.39 is 30.6 Å². The van der Waals surface area contributed by atoms with Crippen LogP contribution in [-0.2, 0) is 19.1 Å². The first-order valence-corrected chi connectivity index (χ1v) is 21.8. The Bertz CT molecular complexity index is 2680. The lowest BCUT2D eigenvalue weighted by Gasteiger charge is -2.29. The Labute approximate surface area is 365 Å². The average molecular weight is 869 g/mol. The second-order valence-electron chi connectivity index (χ2n) is 15.0. The number of ether oxygens (including phenoxy) is 2. The maximum absolute atomic E-state index is 14.0. The molecule has 3 aromatic carbocycles. The van der Waals surface area contributed by atoms with Gasteiger partial charge in [0.1, 0.15) is 29.8 Å². The summed E-state index contributed by atoms with van der Waals surface area (Å²) < 4.78 is 12.2. The molecule has 0 saturated carbocycles. The van der Waals surface area contributed by atoms with E-state index in [9.17, 15) is 19.5 Å². The third-order valence-electron chi connectivity index (χ3n) is 11.3. The summed E-state index contributed by atoms with van der Waals surface area (Å²) in [5.41, 5.74) is 5.18. The molecule has 16 heteroatoms. The number of nitrogens with zero attached hydrogens (tertiary/aromatic N) is 4. The van der Waals surface area contributed by atoms with Crippen LogP contribution in [-0.4, -0.2) is 86.5 Å². The van der Waals surface area contributed by atoms with E-state index in [1.165, 1.54) is 23.6 Å². The summed E-state index contributed by atoms with van der Waals surface area (Å²) in [6, 6.07) is 28.8. The largest absolute Gasteiger partial charge is 0.453 e. The maximum Gasteiger partial charge on any atom is 0.407 e. The molecule has 0 radical (unpaired) electrons. The summed E-state index contributed by atoms with van der Waals surface area (Å²) in [6.07, 6.45) is 7.12. The van der Waals surface area contributed by atoms with Gasteiger partial charge in [-0.1, -0.05) is 97.1 Å². The normalized spacial score (nSPS) is 17.7. The number of carbonyl (C=O) groups is 3. The molecular formula is C46H44N8O6S2. The lowest BCUT2D eigenvalue weighted by atomic mass is 10.0. The van der Waals surface area contributed by atoms with E-state index in [2.05, 4.69) is 62.0 Å². The Kier molecular flexibility index (Phi) is 11.8. The number of amides is 3. The fourth-order valence-electron chi connectivity index (χ4n) is 8.10. The molecule has 6 heterocycles. The molecule has 5 N–H and O–H groups in total. The first-order chi connectivity index (χ1) is 30.3. The lowest BCUT2D eigenvalue weighted by Crippen LogP contribution is -2.44. The van der Waals surface area contributed by atoms with Crippen LogP contribution in [0.4, 0.5) is 4.79 Å². The first-order valence-electron chi connectivity index (χ1n) is 20.2. The number of benzene rings is 3. The summed E-state index contributed by atoms with van der Waals surface area (Å²) in [7, 11) is 2.65.